The molecule has 8 atom stereocenters. The number of alkyl halides is 30. The molecule has 0 aromatic carbocycles. The average Bonchev–Trinajstić information content (AvgIpc) is 0.798. The fourth-order valence-corrected chi connectivity index (χ4v) is 6.62. The lowest BCUT2D eigenvalue weighted by molar-refractivity contribution is -0.244. The molecule has 104 heavy (non-hydrogen) atoms. The summed E-state index contributed by atoms with van der Waals surface area (Å²) in [6, 6.07) is 0. The van der Waals surface area contributed by atoms with E-state index in [0.717, 1.165) is 0 Å². The van der Waals surface area contributed by atoms with Crippen LogP contribution in [0.3, 0.4) is 0 Å². The molecule has 0 aliphatic heterocycles. The van der Waals surface area contributed by atoms with Crippen LogP contribution in [0.2, 0.25) is 0 Å². The molecule has 0 rings (SSSR count). The first-order valence-electron chi connectivity index (χ1n) is 35.2. The maximum atomic E-state index is 12.3. The topological polar surface area (TPSA) is 0 Å². The lowest BCUT2D eigenvalue weighted by Gasteiger charge is -2.40. The second kappa shape index (κ2) is 48.0. The summed E-state index contributed by atoms with van der Waals surface area (Å²) in [5.41, 5.74) is -8.41. The normalized spacial score (nSPS) is 16.0. The number of rotatable bonds is 16. The van der Waals surface area contributed by atoms with Crippen molar-refractivity contribution < 1.29 is 132 Å². The van der Waals surface area contributed by atoms with Crippen molar-refractivity contribution in [3.05, 3.63) is 0 Å². The van der Waals surface area contributed by atoms with Crippen molar-refractivity contribution in [1.82, 2.24) is 0 Å². The molecule has 0 N–H and O–H groups in total. The summed E-state index contributed by atoms with van der Waals surface area (Å²) in [7, 11) is 0. The van der Waals surface area contributed by atoms with Crippen LogP contribution in [0.15, 0.2) is 0 Å². The Morgan fingerprint density at radius 3 is 0.567 bits per heavy atom. The van der Waals surface area contributed by atoms with Gasteiger partial charge in [-0.2, -0.15) is 132 Å². The summed E-state index contributed by atoms with van der Waals surface area (Å²) in [5.74, 6) is -6.21. The SMILES string of the molecule is CC(C)(C)C(C)(C)C(F)(F)F.CC(C)(C)C(C)(C)C(F)(F)F.CC(C)C(C)(C)C(F)(F)F.CC(C)[C@@H](C)C(C)C(F)(F)F.CC(C)[C@@H](C)C(C)C(F)(F)F.CCC(C)(C)CC(F)(F)F.CCC(C)[C@@H](C)C(F)(F)F.CCC(CC)CC(F)(F)F.CCCC(C)(C)C(F)(F)F.CC[C@H](C)C(C)C(F)(F)F. The average molecular weight is 1600 g/mol. The van der Waals surface area contributed by atoms with Gasteiger partial charge in [0.05, 0.1) is 45.3 Å². The molecule has 0 saturated carbocycles. The predicted octanol–water partition coefficient (Wildman–Crippen LogP) is 34.0. The Hall–Kier alpha value is -2.10. The Bertz CT molecular complexity index is 1930. The first-order chi connectivity index (χ1) is 44.6. The molecule has 0 aliphatic rings. The van der Waals surface area contributed by atoms with Gasteiger partial charge in [-0.1, -0.05) is 288 Å². The molecule has 0 saturated heterocycles. The van der Waals surface area contributed by atoms with Crippen LogP contribution in [0.4, 0.5) is 132 Å². The number of hydrogen-bond acceptors (Lipinski definition) is 0. The quantitative estimate of drug-likeness (QED) is 0.135. The van der Waals surface area contributed by atoms with Gasteiger partial charge in [-0.25, -0.2) is 0 Å². The van der Waals surface area contributed by atoms with E-state index in [9.17, 15) is 132 Å². The van der Waals surface area contributed by atoms with Crippen LogP contribution >= 0.6 is 0 Å². The van der Waals surface area contributed by atoms with Crippen molar-refractivity contribution in [3.8, 4) is 0 Å². The molecule has 0 aliphatic carbocycles. The molecule has 0 heterocycles. The van der Waals surface area contributed by atoms with Crippen LogP contribution in [0.1, 0.15) is 307 Å². The first-order valence-corrected chi connectivity index (χ1v) is 35.2. The van der Waals surface area contributed by atoms with E-state index in [1.807, 2.05) is 27.7 Å². The largest absolute Gasteiger partial charge is 0.394 e. The summed E-state index contributed by atoms with van der Waals surface area (Å²) in [6.45, 7) is 55.2. The molecular formula is C74H138F30. The lowest BCUT2D eigenvalue weighted by Crippen LogP contribution is -2.43. The van der Waals surface area contributed by atoms with E-state index in [-0.39, 0.29) is 53.8 Å². The van der Waals surface area contributed by atoms with Gasteiger partial charge < -0.3 is 0 Å². The fraction of sp³-hybridized carbons (Fsp3) is 1.00. The van der Waals surface area contributed by atoms with Gasteiger partial charge in [-0.05, 0) is 70.0 Å². The molecule has 0 spiro atoms. The van der Waals surface area contributed by atoms with Gasteiger partial charge >= 0.3 is 61.8 Å². The van der Waals surface area contributed by atoms with E-state index >= 15 is 0 Å². The molecule has 0 fully saturated rings. The molecule has 0 amide bonds. The number of hydrogen-bond donors (Lipinski definition) is 0. The van der Waals surface area contributed by atoms with Gasteiger partial charge in [0.2, 0.25) is 0 Å². The Labute approximate surface area is 607 Å². The van der Waals surface area contributed by atoms with Gasteiger partial charge in [0.25, 0.3) is 0 Å². The number of halogens is 30. The standard InChI is InChI=1S/4C8H15F3.6C7H13F3/c2*1-6(2,3)7(4,5)8(9,10)11;2*1-5(2)6(3)7(4)8(9,10)11;1-5(2)6(3,4)7(8,9)10;1-4-6(2,3)5-7(8,9)10;1-4-5-6(2,3)7(8,9)10;2*1-4-5(2)6(3)7(8,9)10;1-3-6(4-2)5-7(8,9)10/h2*1-5H3;2*5-7H,1-4H3;5H,1-4H3;2*4-5H2,1-3H3;2*5-6H,4H2,1-3H3;6H,3-5H2,1-2H3/t;;2*6-,7?;;;;5?,6-;5-,6?;/m..11...10./s1. The van der Waals surface area contributed by atoms with E-state index < -0.39 is 136 Å². The summed E-state index contributed by atoms with van der Waals surface area (Å²) in [4.78, 5) is 0. The Kier molecular flexibility index (Phi) is 56.6. The van der Waals surface area contributed by atoms with Crippen LogP contribution < -0.4 is 0 Å². The predicted molar refractivity (Wildman–Crippen MR) is 365 cm³/mol. The lowest BCUT2D eigenvalue weighted by atomic mass is 9.69. The van der Waals surface area contributed by atoms with E-state index in [4.69, 9.17) is 0 Å². The van der Waals surface area contributed by atoms with Gasteiger partial charge in [0.15, 0.2) is 0 Å². The van der Waals surface area contributed by atoms with Gasteiger partial charge in [-0.3, -0.25) is 0 Å². The molecule has 644 valence electrons. The Morgan fingerprint density at radius 2 is 0.519 bits per heavy atom. The summed E-state index contributed by atoms with van der Waals surface area (Å²) in [6.07, 6.45) is -38.0. The minimum Gasteiger partial charge on any atom is -0.171 e. The second-order valence-corrected chi connectivity index (χ2v) is 33.4. The maximum Gasteiger partial charge on any atom is 0.394 e. The van der Waals surface area contributed by atoms with Crippen molar-refractivity contribution in [2.45, 2.75) is 369 Å². The summed E-state index contributed by atoms with van der Waals surface area (Å²) in [5, 5.41) is 0. The van der Waals surface area contributed by atoms with E-state index in [0.29, 0.717) is 38.5 Å². The van der Waals surface area contributed by atoms with Gasteiger partial charge in [-0.15, -0.1) is 0 Å². The first kappa shape index (κ1) is 123. The summed E-state index contributed by atoms with van der Waals surface area (Å²) >= 11 is 0. The van der Waals surface area contributed by atoms with E-state index in [1.54, 1.807) is 138 Å². The second-order valence-electron chi connectivity index (χ2n) is 33.4. The molecule has 0 aromatic rings. The highest BCUT2D eigenvalue weighted by molar-refractivity contribution is 4.89. The van der Waals surface area contributed by atoms with Crippen LogP contribution in [0.25, 0.3) is 0 Å². The minimum atomic E-state index is -4.12. The zero-order valence-electron chi connectivity index (χ0n) is 69.1. The third-order valence-electron chi connectivity index (χ3n) is 21.0. The van der Waals surface area contributed by atoms with Gasteiger partial charge in [0, 0.05) is 12.8 Å². The molecular weight excluding hydrogens is 1460 g/mol. The molecule has 30 heteroatoms. The van der Waals surface area contributed by atoms with Crippen molar-refractivity contribution in [2.75, 3.05) is 0 Å². The van der Waals surface area contributed by atoms with Crippen molar-refractivity contribution in [3.63, 3.8) is 0 Å². The molecule has 0 bridgehead atoms. The molecule has 0 aromatic heterocycles. The maximum absolute atomic E-state index is 12.3. The third kappa shape index (κ3) is 56.2. The van der Waals surface area contributed by atoms with Crippen molar-refractivity contribution >= 4 is 0 Å². The smallest absolute Gasteiger partial charge is 0.171 e. The zero-order valence-corrected chi connectivity index (χ0v) is 69.1. The highest BCUT2D eigenvalue weighted by atomic mass is 19.4. The van der Waals surface area contributed by atoms with E-state index in [1.165, 1.54) is 83.1 Å². The molecule has 4 unspecified atom stereocenters. The van der Waals surface area contributed by atoms with Crippen molar-refractivity contribution in [2.24, 2.45) is 109 Å². The van der Waals surface area contributed by atoms with Crippen LogP contribution in [-0.2, 0) is 0 Å². The highest BCUT2D eigenvalue weighted by Crippen LogP contribution is 2.52. The van der Waals surface area contributed by atoms with Crippen LogP contribution in [0.5, 0.6) is 0 Å². The van der Waals surface area contributed by atoms with Crippen molar-refractivity contribution in [1.29, 1.82) is 0 Å². The molecule has 0 nitrogen and oxygen atoms in total. The Morgan fingerprint density at radius 1 is 0.279 bits per heavy atom. The molecule has 0 radical (unpaired) electrons. The summed E-state index contributed by atoms with van der Waals surface area (Å²) < 4.78 is 360. The van der Waals surface area contributed by atoms with E-state index in [2.05, 4.69) is 0 Å². The van der Waals surface area contributed by atoms with Crippen LogP contribution in [0, 0.1) is 109 Å². The highest BCUT2D eigenvalue weighted by Gasteiger charge is 2.56. The third-order valence-corrected chi connectivity index (χ3v) is 21.0. The Balaban J connectivity index is -0.000000118. The fourth-order valence-electron chi connectivity index (χ4n) is 6.62. The monoisotopic (exact) mass is 1600 g/mol. The zero-order chi connectivity index (χ0) is 87.8. The minimum absolute atomic E-state index is 0.0895. The van der Waals surface area contributed by atoms with Gasteiger partial charge in [0.1, 0.15) is 0 Å². The van der Waals surface area contributed by atoms with Crippen LogP contribution in [-0.4, -0.2) is 61.8 Å².